The van der Waals surface area contributed by atoms with Gasteiger partial charge in [0.2, 0.25) is 12.7 Å². The van der Waals surface area contributed by atoms with Gasteiger partial charge in [-0.05, 0) is 37.5 Å². The third-order valence-corrected chi connectivity index (χ3v) is 6.95. The molecule has 3 aliphatic rings. The van der Waals surface area contributed by atoms with E-state index in [9.17, 15) is 14.4 Å². The zero-order valence-corrected chi connectivity index (χ0v) is 19.3. The molecule has 0 unspecified atom stereocenters. The second-order valence-corrected chi connectivity index (χ2v) is 9.22. The van der Waals surface area contributed by atoms with Crippen LogP contribution in [0.15, 0.2) is 24.5 Å². The van der Waals surface area contributed by atoms with Crippen LogP contribution in [0, 0.1) is 0 Å². The van der Waals surface area contributed by atoms with Gasteiger partial charge in [-0.2, -0.15) is 0 Å². The van der Waals surface area contributed by atoms with E-state index in [-0.39, 0.29) is 43.2 Å². The number of amides is 2. The van der Waals surface area contributed by atoms with Crippen molar-refractivity contribution in [2.75, 3.05) is 13.9 Å². The maximum atomic E-state index is 13.8. The first-order valence-electron chi connectivity index (χ1n) is 11.6. The van der Waals surface area contributed by atoms with E-state index in [0.29, 0.717) is 11.5 Å². The van der Waals surface area contributed by atoms with Crippen molar-refractivity contribution >= 4 is 17.8 Å². The zero-order valence-electron chi connectivity index (χ0n) is 19.3. The van der Waals surface area contributed by atoms with Crippen molar-refractivity contribution in [1.82, 2.24) is 19.8 Å². The Bertz CT molecular complexity index is 1140. The molecule has 1 aliphatic carbocycles. The van der Waals surface area contributed by atoms with Crippen LogP contribution in [0.5, 0.6) is 11.5 Å². The summed E-state index contributed by atoms with van der Waals surface area (Å²) in [7, 11) is 1.24. The summed E-state index contributed by atoms with van der Waals surface area (Å²) in [5.74, 6) is -0.135. The smallest absolute Gasteiger partial charge is 0.359 e. The molecule has 2 aromatic rings. The van der Waals surface area contributed by atoms with Crippen LogP contribution in [0.4, 0.5) is 0 Å². The van der Waals surface area contributed by atoms with Crippen LogP contribution in [-0.2, 0) is 22.6 Å². The largest absolute Gasteiger partial charge is 0.464 e. The molecule has 34 heavy (non-hydrogen) atoms. The quantitative estimate of drug-likeness (QED) is 0.670. The van der Waals surface area contributed by atoms with Crippen LogP contribution in [0.2, 0.25) is 0 Å². The Labute approximate surface area is 197 Å². The fourth-order valence-electron chi connectivity index (χ4n) is 4.99. The maximum absolute atomic E-state index is 13.8. The van der Waals surface area contributed by atoms with Crippen LogP contribution in [0.3, 0.4) is 0 Å². The second kappa shape index (κ2) is 8.66. The Morgan fingerprint density at radius 3 is 2.74 bits per heavy atom. The second-order valence-electron chi connectivity index (χ2n) is 9.22. The molecule has 3 heterocycles. The predicted molar refractivity (Wildman–Crippen MR) is 119 cm³/mol. The molecule has 1 aromatic carbocycles. The first-order valence-corrected chi connectivity index (χ1v) is 11.6. The topological polar surface area (TPSA) is 112 Å². The standard InChI is InChI=1S/C24H28N4O6/c1-24(23(31)26-16-6-4-3-5-7-16)12-27-13-25-19(22(30)32-2)20(27)21(29)28(24)11-15-8-9-17-18(10-15)34-14-33-17/h8-10,13,16H,3-7,11-12,14H2,1-2H3,(H,26,31)/t24-/m1/s1. The molecule has 1 aromatic heterocycles. The van der Waals surface area contributed by atoms with E-state index in [2.05, 4.69) is 10.3 Å². The lowest BCUT2D eigenvalue weighted by atomic mass is 9.90. The van der Waals surface area contributed by atoms with Gasteiger partial charge < -0.3 is 29.0 Å². The number of imidazole rings is 1. The minimum absolute atomic E-state index is 0.0575. The van der Waals surface area contributed by atoms with Gasteiger partial charge >= 0.3 is 5.97 Å². The van der Waals surface area contributed by atoms with Gasteiger partial charge in [0.15, 0.2) is 17.2 Å². The molecule has 1 fully saturated rings. The highest BCUT2D eigenvalue weighted by Gasteiger charge is 2.49. The van der Waals surface area contributed by atoms with Crippen molar-refractivity contribution in [3.63, 3.8) is 0 Å². The van der Waals surface area contributed by atoms with Crippen LogP contribution in [-0.4, -0.2) is 57.7 Å². The first-order chi connectivity index (χ1) is 16.4. The van der Waals surface area contributed by atoms with Gasteiger partial charge in [0.25, 0.3) is 5.91 Å². The van der Waals surface area contributed by atoms with E-state index in [1.165, 1.54) is 24.8 Å². The highest BCUT2D eigenvalue weighted by molar-refractivity contribution is 6.06. The number of rotatable bonds is 5. The van der Waals surface area contributed by atoms with Gasteiger partial charge in [0, 0.05) is 12.6 Å². The minimum Gasteiger partial charge on any atom is -0.464 e. The fourth-order valence-corrected chi connectivity index (χ4v) is 4.99. The normalized spacial score (nSPS) is 21.8. The van der Waals surface area contributed by atoms with Crippen LogP contribution >= 0.6 is 0 Å². The van der Waals surface area contributed by atoms with Crippen molar-refractivity contribution in [1.29, 1.82) is 0 Å². The number of nitrogens with one attached hydrogen (secondary N) is 1. The van der Waals surface area contributed by atoms with Gasteiger partial charge in [-0.1, -0.05) is 25.3 Å². The number of ether oxygens (including phenoxy) is 3. The lowest BCUT2D eigenvalue weighted by Crippen LogP contribution is -2.64. The van der Waals surface area contributed by atoms with E-state index in [4.69, 9.17) is 14.2 Å². The summed E-state index contributed by atoms with van der Waals surface area (Å²) in [4.78, 5) is 45.3. The summed E-state index contributed by atoms with van der Waals surface area (Å²) in [6.45, 7) is 2.22. The summed E-state index contributed by atoms with van der Waals surface area (Å²) in [6.07, 6.45) is 6.61. The Kier molecular flexibility index (Phi) is 5.66. The molecule has 1 N–H and O–H groups in total. The minimum atomic E-state index is -1.19. The predicted octanol–water partition coefficient (Wildman–Crippen LogP) is 2.26. The van der Waals surface area contributed by atoms with Crippen molar-refractivity contribution < 1.29 is 28.6 Å². The van der Waals surface area contributed by atoms with Gasteiger partial charge in [-0.15, -0.1) is 0 Å². The van der Waals surface area contributed by atoms with Crippen molar-refractivity contribution in [3.05, 3.63) is 41.5 Å². The third-order valence-electron chi connectivity index (χ3n) is 6.95. The lowest BCUT2D eigenvalue weighted by Gasteiger charge is -2.44. The van der Waals surface area contributed by atoms with Crippen molar-refractivity contribution in [3.8, 4) is 11.5 Å². The van der Waals surface area contributed by atoms with Crippen LogP contribution in [0.25, 0.3) is 0 Å². The molecule has 5 rings (SSSR count). The molecular weight excluding hydrogens is 440 g/mol. The molecule has 10 heteroatoms. The Balaban J connectivity index is 1.51. The highest BCUT2D eigenvalue weighted by atomic mass is 16.7. The number of esters is 1. The highest BCUT2D eigenvalue weighted by Crippen LogP contribution is 2.35. The number of carbonyl (C=O) groups excluding carboxylic acids is 3. The molecule has 0 bridgehead atoms. The summed E-state index contributed by atoms with van der Waals surface area (Å²) in [5.41, 5.74) is -0.346. The summed E-state index contributed by atoms with van der Waals surface area (Å²) < 4.78 is 17.3. The number of carbonyl (C=O) groups is 3. The number of fused-ring (bicyclic) bond motifs is 2. The summed E-state index contributed by atoms with van der Waals surface area (Å²) in [5, 5.41) is 3.18. The maximum Gasteiger partial charge on any atom is 0.359 e. The zero-order chi connectivity index (χ0) is 23.9. The number of methoxy groups -OCH3 is 1. The van der Waals surface area contributed by atoms with Crippen molar-refractivity contribution in [2.24, 2.45) is 0 Å². The number of hydrogen-bond acceptors (Lipinski definition) is 7. The van der Waals surface area contributed by atoms with E-state index in [1.807, 2.05) is 12.1 Å². The molecular formula is C24H28N4O6. The van der Waals surface area contributed by atoms with E-state index >= 15 is 0 Å². The van der Waals surface area contributed by atoms with Gasteiger partial charge in [-0.25, -0.2) is 9.78 Å². The van der Waals surface area contributed by atoms with E-state index in [0.717, 1.165) is 31.2 Å². The number of benzene rings is 1. The first kappa shape index (κ1) is 22.2. The fraction of sp³-hybridized carbons (Fsp3) is 0.500. The molecule has 10 nitrogen and oxygen atoms in total. The Morgan fingerprint density at radius 1 is 1.21 bits per heavy atom. The number of nitrogens with zero attached hydrogens (tertiary/aromatic N) is 3. The van der Waals surface area contributed by atoms with Gasteiger partial charge in [0.05, 0.1) is 20.0 Å². The molecule has 2 amide bonds. The number of hydrogen-bond donors (Lipinski definition) is 1. The SMILES string of the molecule is COC(=O)c1ncn2c1C(=O)N(Cc1ccc3c(c1)OCO3)[C@@](C)(C(=O)NC1CCCCC1)C2. The molecule has 2 aliphatic heterocycles. The monoisotopic (exact) mass is 468 g/mol. The van der Waals surface area contributed by atoms with Crippen LogP contribution in [0.1, 0.15) is 65.6 Å². The Hall–Kier alpha value is -3.56. The van der Waals surface area contributed by atoms with E-state index < -0.39 is 17.4 Å². The molecule has 0 saturated heterocycles. The van der Waals surface area contributed by atoms with Crippen LogP contribution < -0.4 is 14.8 Å². The molecule has 1 saturated carbocycles. The Morgan fingerprint density at radius 2 is 1.97 bits per heavy atom. The van der Waals surface area contributed by atoms with Crippen molar-refractivity contribution in [2.45, 2.75) is 63.7 Å². The van der Waals surface area contributed by atoms with Gasteiger partial charge in [0.1, 0.15) is 11.2 Å². The van der Waals surface area contributed by atoms with E-state index in [1.54, 1.807) is 17.6 Å². The molecule has 1 atom stereocenters. The summed E-state index contributed by atoms with van der Waals surface area (Å²) in [6, 6.07) is 5.53. The van der Waals surface area contributed by atoms with Gasteiger partial charge in [-0.3, -0.25) is 9.59 Å². The molecule has 0 radical (unpaired) electrons. The number of aromatic nitrogens is 2. The summed E-state index contributed by atoms with van der Waals surface area (Å²) >= 11 is 0. The molecule has 0 spiro atoms. The average Bonchev–Trinajstić information content (AvgIpc) is 3.48. The lowest BCUT2D eigenvalue weighted by molar-refractivity contribution is -0.134. The third kappa shape index (κ3) is 3.76. The average molecular weight is 469 g/mol. The molecule has 180 valence electrons.